The van der Waals surface area contributed by atoms with Crippen molar-refractivity contribution in [2.45, 2.75) is 37.0 Å². The molecular weight excluding hydrogens is 480 g/mol. The summed E-state index contributed by atoms with van der Waals surface area (Å²) in [4.78, 5) is 55.6. The van der Waals surface area contributed by atoms with Gasteiger partial charge in [-0.05, 0) is 24.1 Å². The molecule has 0 saturated heterocycles. The number of aliphatic hydroxyl groups is 1. The van der Waals surface area contributed by atoms with Gasteiger partial charge in [-0.3, -0.25) is 14.4 Å². The number of carboxylic acids is 1. The Labute approximate surface area is 205 Å². The molecule has 3 amide bonds. The van der Waals surface area contributed by atoms with Gasteiger partial charge in [0.25, 0.3) is 0 Å². The van der Waals surface area contributed by atoms with Crippen molar-refractivity contribution in [1.82, 2.24) is 25.9 Å². The first-order valence-electron chi connectivity index (χ1n) is 10.5. The van der Waals surface area contributed by atoms with E-state index in [0.29, 0.717) is 11.3 Å². The van der Waals surface area contributed by atoms with Gasteiger partial charge >= 0.3 is 5.97 Å². The highest BCUT2D eigenvalue weighted by atomic mass is 32.1. The molecule has 1 aromatic carbocycles. The summed E-state index contributed by atoms with van der Waals surface area (Å²) >= 11 is 4.05. The third-order valence-electron chi connectivity index (χ3n) is 4.95. The minimum atomic E-state index is -1.48. The number of nitrogens with two attached hydrogens (primary N) is 1. The third kappa shape index (κ3) is 8.59. The van der Waals surface area contributed by atoms with Gasteiger partial charge in [0.1, 0.15) is 23.9 Å². The van der Waals surface area contributed by atoms with E-state index < -0.39 is 54.5 Å². The van der Waals surface area contributed by atoms with E-state index in [1.54, 1.807) is 12.1 Å². The Hall–Kier alpha value is -3.62. The highest BCUT2D eigenvalue weighted by molar-refractivity contribution is 7.80. The highest BCUT2D eigenvalue weighted by Crippen LogP contribution is 2.11. The zero-order valence-corrected chi connectivity index (χ0v) is 19.4. The largest absolute Gasteiger partial charge is 0.508 e. The molecule has 2 aromatic rings. The van der Waals surface area contributed by atoms with Crippen LogP contribution in [0.15, 0.2) is 36.8 Å². The van der Waals surface area contributed by atoms with E-state index in [9.17, 15) is 34.5 Å². The number of carbonyl (C=O) groups is 4. The lowest BCUT2D eigenvalue weighted by molar-refractivity contribution is -0.142. The number of nitrogens with zero attached hydrogens (tertiary/aromatic N) is 1. The number of amides is 3. The lowest BCUT2D eigenvalue weighted by atomic mass is 10.1. The van der Waals surface area contributed by atoms with Crippen LogP contribution in [-0.4, -0.2) is 85.5 Å². The van der Waals surface area contributed by atoms with Gasteiger partial charge in [0.2, 0.25) is 17.7 Å². The second-order valence-corrected chi connectivity index (χ2v) is 8.01. The summed E-state index contributed by atoms with van der Waals surface area (Å²) < 4.78 is 0. The summed E-state index contributed by atoms with van der Waals surface area (Å²) in [6.07, 6.45) is 2.80. The Balaban J connectivity index is 1.94. The molecule has 9 N–H and O–H groups in total. The zero-order valence-electron chi connectivity index (χ0n) is 18.5. The second kappa shape index (κ2) is 13.3. The number of phenolic OH excluding ortho intramolecular Hbond substituents is 1. The van der Waals surface area contributed by atoms with E-state index in [-0.39, 0.29) is 24.3 Å². The minimum absolute atomic E-state index is 0.0667. The van der Waals surface area contributed by atoms with Gasteiger partial charge in [-0.15, -0.1) is 0 Å². The fourth-order valence-electron chi connectivity index (χ4n) is 3.01. The molecule has 1 heterocycles. The van der Waals surface area contributed by atoms with E-state index in [1.165, 1.54) is 24.7 Å². The number of H-pyrrole nitrogens is 1. The third-order valence-corrected chi connectivity index (χ3v) is 5.32. The topological polar surface area (TPSA) is 220 Å². The molecule has 1 aromatic heterocycles. The van der Waals surface area contributed by atoms with Crippen molar-refractivity contribution < 1.29 is 34.5 Å². The summed E-state index contributed by atoms with van der Waals surface area (Å²) in [6, 6.07) is 1.10. The van der Waals surface area contributed by atoms with Gasteiger partial charge in [-0.2, -0.15) is 12.6 Å². The smallest absolute Gasteiger partial charge is 0.326 e. The summed E-state index contributed by atoms with van der Waals surface area (Å²) in [5, 5.41) is 35.2. The average molecular weight is 509 g/mol. The Morgan fingerprint density at radius 1 is 0.971 bits per heavy atom. The normalized spacial score (nSPS) is 14.3. The van der Waals surface area contributed by atoms with Crippen LogP contribution in [0.25, 0.3) is 0 Å². The van der Waals surface area contributed by atoms with Gasteiger partial charge in [0, 0.05) is 24.1 Å². The van der Waals surface area contributed by atoms with Crippen LogP contribution in [0.5, 0.6) is 5.75 Å². The first-order valence-corrected chi connectivity index (χ1v) is 11.1. The SMILES string of the molecule is NC(Cc1ccc(O)cc1)C(=O)NC(CS)C(=O)NC(CO)C(=O)NC(Cc1cnc[nH]1)C(=O)O. The number of aromatic amines is 1. The Morgan fingerprint density at radius 3 is 2.11 bits per heavy atom. The molecule has 14 heteroatoms. The highest BCUT2D eigenvalue weighted by Gasteiger charge is 2.29. The predicted octanol–water partition coefficient (Wildman–Crippen LogP) is -2.31. The minimum Gasteiger partial charge on any atom is -0.508 e. The summed E-state index contributed by atoms with van der Waals surface area (Å²) in [5.74, 6) is -3.79. The average Bonchev–Trinajstić information content (AvgIpc) is 3.34. The number of aromatic nitrogens is 2. The molecule has 4 unspecified atom stereocenters. The molecule has 0 aliphatic carbocycles. The van der Waals surface area contributed by atoms with Crippen LogP contribution in [0.4, 0.5) is 0 Å². The van der Waals surface area contributed by atoms with Gasteiger partial charge in [0.15, 0.2) is 0 Å². The van der Waals surface area contributed by atoms with Crippen molar-refractivity contribution in [3.63, 3.8) is 0 Å². The lowest BCUT2D eigenvalue weighted by Gasteiger charge is -2.23. The van der Waals surface area contributed by atoms with E-state index in [2.05, 4.69) is 38.5 Å². The number of thiol groups is 1. The fraction of sp³-hybridized carbons (Fsp3) is 0.381. The molecule has 4 atom stereocenters. The number of phenols is 1. The first-order chi connectivity index (χ1) is 16.6. The molecule has 2 rings (SSSR count). The quantitative estimate of drug-likeness (QED) is 0.132. The van der Waals surface area contributed by atoms with Crippen molar-refractivity contribution >= 4 is 36.3 Å². The summed E-state index contributed by atoms with van der Waals surface area (Å²) in [6.45, 7) is -0.818. The number of aliphatic hydroxyl groups excluding tert-OH is 1. The summed E-state index contributed by atoms with van der Waals surface area (Å²) in [7, 11) is 0. The van der Waals surface area contributed by atoms with Crippen molar-refractivity contribution in [3.8, 4) is 5.75 Å². The van der Waals surface area contributed by atoms with Gasteiger partial charge in [0.05, 0.1) is 19.0 Å². The predicted molar refractivity (Wildman–Crippen MR) is 126 cm³/mol. The molecule has 35 heavy (non-hydrogen) atoms. The Bertz CT molecular complexity index is 1000. The van der Waals surface area contributed by atoms with Crippen LogP contribution in [0, 0.1) is 0 Å². The number of rotatable bonds is 13. The van der Waals surface area contributed by atoms with Crippen LogP contribution in [-0.2, 0) is 32.0 Å². The van der Waals surface area contributed by atoms with E-state index in [1.807, 2.05) is 0 Å². The van der Waals surface area contributed by atoms with Crippen LogP contribution in [0.3, 0.4) is 0 Å². The van der Waals surface area contributed by atoms with E-state index in [4.69, 9.17) is 5.73 Å². The summed E-state index contributed by atoms with van der Waals surface area (Å²) in [5.41, 5.74) is 7.06. The number of hydrogen-bond donors (Lipinski definition) is 9. The zero-order chi connectivity index (χ0) is 26.0. The number of carboxylic acid groups (broad SMARTS) is 1. The number of hydrogen-bond acceptors (Lipinski definition) is 9. The number of aromatic hydroxyl groups is 1. The standard InChI is InChI=1S/C21H28N6O7S/c22-14(5-11-1-3-13(29)4-2-11)18(30)27-17(9-35)20(32)26-16(8-28)19(31)25-15(21(33)34)6-12-7-23-10-24-12/h1-4,7,10,14-17,28-29,35H,5-6,8-9,22H2,(H,23,24)(H,25,31)(H,26,32)(H,27,30)(H,33,34). The van der Waals surface area contributed by atoms with Crippen molar-refractivity contribution in [2.75, 3.05) is 12.4 Å². The maximum Gasteiger partial charge on any atom is 0.326 e. The van der Waals surface area contributed by atoms with Crippen molar-refractivity contribution in [3.05, 3.63) is 48.0 Å². The molecule has 0 bridgehead atoms. The Morgan fingerprint density at radius 2 is 1.57 bits per heavy atom. The Kier molecular flexibility index (Phi) is 10.5. The van der Waals surface area contributed by atoms with Gasteiger partial charge < -0.3 is 42.0 Å². The van der Waals surface area contributed by atoms with Crippen LogP contribution in [0.1, 0.15) is 11.3 Å². The molecule has 0 radical (unpaired) electrons. The molecule has 0 aliphatic heterocycles. The maximum atomic E-state index is 12.6. The fourth-order valence-corrected chi connectivity index (χ4v) is 3.26. The molecular formula is C21H28N6O7S. The first kappa shape index (κ1) is 27.6. The molecule has 0 spiro atoms. The number of nitrogens with one attached hydrogen (secondary N) is 4. The molecule has 13 nitrogen and oxygen atoms in total. The second-order valence-electron chi connectivity index (χ2n) is 7.64. The van der Waals surface area contributed by atoms with E-state index in [0.717, 1.165) is 0 Å². The number of aliphatic carboxylic acids is 1. The van der Waals surface area contributed by atoms with Crippen molar-refractivity contribution in [1.29, 1.82) is 0 Å². The lowest BCUT2D eigenvalue weighted by Crippen LogP contribution is -2.58. The van der Waals surface area contributed by atoms with Crippen LogP contribution in [0.2, 0.25) is 0 Å². The number of imidazole rings is 1. The molecule has 190 valence electrons. The monoisotopic (exact) mass is 508 g/mol. The van der Waals surface area contributed by atoms with Gasteiger partial charge in [-0.1, -0.05) is 12.1 Å². The number of carbonyl (C=O) groups excluding carboxylic acids is 3. The maximum absolute atomic E-state index is 12.6. The number of benzene rings is 1. The van der Waals surface area contributed by atoms with Crippen LogP contribution >= 0.6 is 12.6 Å². The molecule has 0 aliphatic rings. The molecule has 0 saturated carbocycles. The van der Waals surface area contributed by atoms with Crippen molar-refractivity contribution in [2.24, 2.45) is 5.73 Å². The van der Waals surface area contributed by atoms with E-state index >= 15 is 0 Å². The van der Waals surface area contributed by atoms with Crippen LogP contribution < -0.4 is 21.7 Å². The molecule has 0 fully saturated rings. The van der Waals surface area contributed by atoms with Gasteiger partial charge in [-0.25, -0.2) is 9.78 Å².